The van der Waals surface area contributed by atoms with Gasteiger partial charge in [-0.05, 0) is 35.9 Å². The predicted molar refractivity (Wildman–Crippen MR) is 115 cm³/mol. The largest absolute Gasteiger partial charge is 0.300 e. The van der Waals surface area contributed by atoms with Crippen molar-refractivity contribution in [3.63, 3.8) is 0 Å². The average Bonchev–Trinajstić information content (AvgIpc) is 2.96. The fraction of sp³-hybridized carbons (Fsp3) is 0.263. The number of thioether (sulfide) groups is 1. The molecule has 152 valence electrons. The fourth-order valence-electron chi connectivity index (χ4n) is 3.35. The zero-order chi connectivity index (χ0) is 20.8. The summed E-state index contributed by atoms with van der Waals surface area (Å²) in [7, 11) is -3.71. The first-order chi connectivity index (χ1) is 13.8. The molecule has 0 atom stereocenters. The van der Waals surface area contributed by atoms with E-state index in [1.54, 1.807) is 30.0 Å². The van der Waals surface area contributed by atoms with E-state index in [0.717, 1.165) is 11.5 Å². The number of hydrogen-bond acceptors (Lipinski definition) is 5. The number of Topliss-reactive ketones (excluding diaryl/α,β-unsaturated/α-hetero) is 1. The van der Waals surface area contributed by atoms with Gasteiger partial charge in [-0.2, -0.15) is 16.1 Å². The van der Waals surface area contributed by atoms with E-state index in [4.69, 9.17) is 23.2 Å². The minimum Gasteiger partial charge on any atom is -0.300 e. The number of carbonyl (C=O) groups excluding carboxylic acids is 2. The molecule has 1 amide bonds. The van der Waals surface area contributed by atoms with Crippen molar-refractivity contribution in [2.75, 3.05) is 29.5 Å². The summed E-state index contributed by atoms with van der Waals surface area (Å²) in [4.78, 5) is 26.4. The zero-order valence-corrected chi connectivity index (χ0v) is 18.2. The molecule has 1 fully saturated rings. The Morgan fingerprint density at radius 3 is 2.38 bits per heavy atom. The van der Waals surface area contributed by atoms with Gasteiger partial charge in [0, 0.05) is 24.6 Å². The number of halogens is 2. The Balaban J connectivity index is 1.67. The minimum atomic E-state index is -3.71. The smallest absolute Gasteiger partial charge is 0.299 e. The molecule has 4 rings (SSSR count). The number of carbonyl (C=O) groups is 2. The molecular formula is C19H16Cl2N2O4S2. The summed E-state index contributed by atoms with van der Waals surface area (Å²) in [6, 6.07) is 9.24. The Hall–Kier alpha value is -1.58. The van der Waals surface area contributed by atoms with Crippen LogP contribution in [0.15, 0.2) is 41.3 Å². The van der Waals surface area contributed by atoms with Crippen LogP contribution in [-0.4, -0.2) is 49.0 Å². The molecule has 2 aliphatic rings. The van der Waals surface area contributed by atoms with Crippen LogP contribution in [-0.2, 0) is 21.4 Å². The molecule has 0 radical (unpaired) electrons. The van der Waals surface area contributed by atoms with E-state index >= 15 is 0 Å². The van der Waals surface area contributed by atoms with Crippen LogP contribution in [0.25, 0.3) is 0 Å². The molecular weight excluding hydrogens is 455 g/mol. The number of anilines is 1. The van der Waals surface area contributed by atoms with E-state index in [-0.39, 0.29) is 17.0 Å². The van der Waals surface area contributed by atoms with Crippen LogP contribution >= 0.6 is 35.0 Å². The third-order valence-electron chi connectivity index (χ3n) is 4.88. The molecule has 29 heavy (non-hydrogen) atoms. The van der Waals surface area contributed by atoms with Gasteiger partial charge in [0.25, 0.3) is 11.7 Å². The van der Waals surface area contributed by atoms with E-state index in [1.165, 1.54) is 27.4 Å². The first-order valence-corrected chi connectivity index (χ1v) is 12.2. The van der Waals surface area contributed by atoms with Gasteiger partial charge in [0.1, 0.15) is 0 Å². The molecule has 2 aromatic rings. The number of amides is 1. The van der Waals surface area contributed by atoms with Crippen molar-refractivity contribution in [1.29, 1.82) is 0 Å². The molecule has 0 bridgehead atoms. The Morgan fingerprint density at radius 2 is 1.69 bits per heavy atom. The lowest BCUT2D eigenvalue weighted by Gasteiger charge is -2.25. The maximum absolute atomic E-state index is 12.9. The fourth-order valence-corrected chi connectivity index (χ4v) is 6.28. The standard InChI is InChI=1S/C19H16Cl2N2O4S2/c20-15-3-1-12(9-16(15)21)11-23-17-4-2-13(10-14(17)18(24)19(23)25)29(26,27)22-5-7-28-8-6-22/h1-4,9-10H,5-8,11H2. The maximum Gasteiger partial charge on any atom is 0.299 e. The average molecular weight is 471 g/mol. The van der Waals surface area contributed by atoms with Gasteiger partial charge in [0.15, 0.2) is 0 Å². The number of rotatable bonds is 4. The number of nitrogens with zero attached hydrogens (tertiary/aromatic N) is 2. The van der Waals surface area contributed by atoms with Crippen molar-refractivity contribution in [1.82, 2.24) is 4.31 Å². The van der Waals surface area contributed by atoms with Crippen LogP contribution < -0.4 is 4.90 Å². The quantitative estimate of drug-likeness (QED) is 0.639. The third-order valence-corrected chi connectivity index (χ3v) is 8.45. The Kier molecular flexibility index (Phi) is 5.65. The third kappa shape index (κ3) is 3.80. The van der Waals surface area contributed by atoms with Gasteiger partial charge in [-0.3, -0.25) is 9.59 Å². The molecule has 2 aliphatic heterocycles. The van der Waals surface area contributed by atoms with Crippen LogP contribution in [0.5, 0.6) is 0 Å². The Bertz CT molecular complexity index is 1120. The van der Waals surface area contributed by atoms with Gasteiger partial charge in [0.05, 0.1) is 32.7 Å². The lowest BCUT2D eigenvalue weighted by atomic mass is 10.1. The second-order valence-corrected chi connectivity index (χ2v) is 10.6. The maximum atomic E-state index is 12.9. The first-order valence-electron chi connectivity index (χ1n) is 8.81. The number of hydrogen-bond donors (Lipinski definition) is 0. The summed E-state index contributed by atoms with van der Waals surface area (Å²) in [5, 5.41) is 0.745. The lowest BCUT2D eigenvalue weighted by molar-refractivity contribution is -0.114. The van der Waals surface area contributed by atoms with Crippen LogP contribution in [0.1, 0.15) is 15.9 Å². The molecule has 1 saturated heterocycles. The zero-order valence-electron chi connectivity index (χ0n) is 15.1. The summed E-state index contributed by atoms with van der Waals surface area (Å²) in [5.74, 6) is 0.0548. The summed E-state index contributed by atoms with van der Waals surface area (Å²) in [5.41, 5.74) is 1.19. The molecule has 0 spiro atoms. The van der Waals surface area contributed by atoms with E-state index in [0.29, 0.717) is 34.4 Å². The van der Waals surface area contributed by atoms with Gasteiger partial charge in [-0.25, -0.2) is 8.42 Å². The SMILES string of the molecule is O=C1C(=O)N(Cc2ccc(Cl)c(Cl)c2)c2ccc(S(=O)(=O)N3CCSCC3)cc21. The van der Waals surface area contributed by atoms with Crippen LogP contribution in [0.3, 0.4) is 0 Å². The molecule has 0 aliphatic carbocycles. The second-order valence-electron chi connectivity index (χ2n) is 6.66. The first kappa shape index (κ1) is 20.7. The molecule has 2 aromatic carbocycles. The van der Waals surface area contributed by atoms with Crippen molar-refractivity contribution in [2.45, 2.75) is 11.4 Å². The summed E-state index contributed by atoms with van der Waals surface area (Å²) < 4.78 is 27.2. The van der Waals surface area contributed by atoms with E-state index in [9.17, 15) is 18.0 Å². The summed E-state index contributed by atoms with van der Waals surface area (Å²) in [6.45, 7) is 0.991. The number of ketones is 1. The summed E-state index contributed by atoms with van der Waals surface area (Å²) in [6.07, 6.45) is 0. The topological polar surface area (TPSA) is 74.8 Å². The highest BCUT2D eigenvalue weighted by Crippen LogP contribution is 2.34. The molecule has 10 heteroatoms. The minimum absolute atomic E-state index is 0.0284. The Morgan fingerprint density at radius 1 is 0.966 bits per heavy atom. The highest BCUT2D eigenvalue weighted by atomic mass is 35.5. The molecule has 6 nitrogen and oxygen atoms in total. The molecule has 0 N–H and O–H groups in total. The van der Waals surface area contributed by atoms with Crippen LogP contribution in [0, 0.1) is 0 Å². The van der Waals surface area contributed by atoms with Gasteiger partial charge < -0.3 is 4.90 Å². The molecule has 0 saturated carbocycles. The lowest BCUT2D eigenvalue weighted by Crippen LogP contribution is -2.37. The molecule has 2 heterocycles. The summed E-state index contributed by atoms with van der Waals surface area (Å²) >= 11 is 13.7. The van der Waals surface area contributed by atoms with Gasteiger partial charge in [-0.1, -0.05) is 29.3 Å². The van der Waals surface area contributed by atoms with E-state index in [2.05, 4.69) is 0 Å². The van der Waals surface area contributed by atoms with Gasteiger partial charge >= 0.3 is 0 Å². The predicted octanol–water partition coefficient (Wildman–Crippen LogP) is 3.46. The van der Waals surface area contributed by atoms with Crippen molar-refractivity contribution in [2.24, 2.45) is 0 Å². The molecule has 0 unspecified atom stereocenters. The second kappa shape index (κ2) is 7.92. The highest BCUT2D eigenvalue weighted by molar-refractivity contribution is 7.99. The number of fused-ring (bicyclic) bond motifs is 1. The van der Waals surface area contributed by atoms with Gasteiger partial charge in [0.2, 0.25) is 10.0 Å². The van der Waals surface area contributed by atoms with Gasteiger partial charge in [-0.15, -0.1) is 0 Å². The van der Waals surface area contributed by atoms with E-state index < -0.39 is 21.7 Å². The number of benzene rings is 2. The van der Waals surface area contributed by atoms with Crippen molar-refractivity contribution >= 4 is 62.4 Å². The van der Waals surface area contributed by atoms with Crippen LogP contribution in [0.2, 0.25) is 10.0 Å². The highest BCUT2D eigenvalue weighted by Gasteiger charge is 2.37. The van der Waals surface area contributed by atoms with Crippen molar-refractivity contribution in [3.05, 3.63) is 57.6 Å². The van der Waals surface area contributed by atoms with Crippen molar-refractivity contribution < 1.29 is 18.0 Å². The monoisotopic (exact) mass is 470 g/mol. The van der Waals surface area contributed by atoms with Crippen molar-refractivity contribution in [3.8, 4) is 0 Å². The Labute approximate surface area is 182 Å². The van der Waals surface area contributed by atoms with E-state index in [1.807, 2.05) is 0 Å². The molecule has 0 aromatic heterocycles. The number of sulfonamides is 1. The normalized spacial score (nSPS) is 17.7. The van der Waals surface area contributed by atoms with Crippen LogP contribution in [0.4, 0.5) is 5.69 Å².